The van der Waals surface area contributed by atoms with Crippen LogP contribution in [0.1, 0.15) is 9.67 Å². The van der Waals surface area contributed by atoms with Gasteiger partial charge in [0, 0.05) is 12.1 Å². The van der Waals surface area contributed by atoms with Crippen molar-refractivity contribution in [2.24, 2.45) is 0 Å². The van der Waals surface area contributed by atoms with E-state index in [0.717, 1.165) is 0 Å². The maximum absolute atomic E-state index is 12.1. The number of methoxy groups -OCH3 is 3. The standard InChI is InChI=1S/C14H15NO4S/c1-17-9-7-10(18-2)13(11(8-9)19-3)15-14(16)12-5-4-6-20-12/h4-8H,1-3H3,(H,15,16). The van der Waals surface area contributed by atoms with Crippen LogP contribution in [0.25, 0.3) is 0 Å². The van der Waals surface area contributed by atoms with Crippen molar-refractivity contribution in [3.63, 3.8) is 0 Å². The molecule has 1 N–H and O–H groups in total. The Hall–Kier alpha value is -2.21. The molecule has 0 atom stereocenters. The molecule has 0 radical (unpaired) electrons. The Balaban J connectivity index is 2.37. The lowest BCUT2D eigenvalue weighted by atomic mass is 10.2. The third-order valence-corrected chi connectivity index (χ3v) is 3.57. The molecule has 1 heterocycles. The SMILES string of the molecule is COc1cc(OC)c(NC(=O)c2cccs2)c(OC)c1. The van der Waals surface area contributed by atoms with Crippen LogP contribution in [0.4, 0.5) is 5.69 Å². The smallest absolute Gasteiger partial charge is 0.265 e. The van der Waals surface area contributed by atoms with E-state index in [0.29, 0.717) is 27.8 Å². The van der Waals surface area contributed by atoms with E-state index in [1.807, 2.05) is 11.4 Å². The zero-order valence-electron chi connectivity index (χ0n) is 11.4. The van der Waals surface area contributed by atoms with Gasteiger partial charge in [-0.1, -0.05) is 6.07 Å². The molecule has 0 aliphatic rings. The van der Waals surface area contributed by atoms with E-state index < -0.39 is 0 Å². The number of carbonyl (C=O) groups is 1. The molecule has 0 bridgehead atoms. The van der Waals surface area contributed by atoms with Crippen LogP contribution in [0.5, 0.6) is 17.2 Å². The highest BCUT2D eigenvalue weighted by molar-refractivity contribution is 7.12. The number of ether oxygens (including phenoxy) is 3. The first kappa shape index (κ1) is 14.2. The molecule has 2 aromatic rings. The van der Waals surface area contributed by atoms with Gasteiger partial charge in [-0.2, -0.15) is 0 Å². The van der Waals surface area contributed by atoms with Gasteiger partial charge in [-0.25, -0.2) is 0 Å². The Labute approximate surface area is 121 Å². The fraction of sp³-hybridized carbons (Fsp3) is 0.214. The topological polar surface area (TPSA) is 56.8 Å². The van der Waals surface area contributed by atoms with E-state index >= 15 is 0 Å². The van der Waals surface area contributed by atoms with E-state index in [2.05, 4.69) is 5.32 Å². The van der Waals surface area contributed by atoms with Crippen LogP contribution in [0.2, 0.25) is 0 Å². The number of anilines is 1. The third kappa shape index (κ3) is 2.85. The number of rotatable bonds is 5. The second kappa shape index (κ2) is 6.29. The molecule has 1 aromatic carbocycles. The van der Waals surface area contributed by atoms with Crippen molar-refractivity contribution in [1.29, 1.82) is 0 Å². The molecule has 106 valence electrons. The molecule has 0 saturated carbocycles. The molecule has 2 rings (SSSR count). The molecular formula is C14H15NO4S. The first-order valence-corrected chi connectivity index (χ1v) is 6.72. The number of benzene rings is 1. The second-order valence-corrected chi connectivity index (χ2v) is 4.79. The van der Waals surface area contributed by atoms with Gasteiger partial charge in [0.15, 0.2) is 0 Å². The highest BCUT2D eigenvalue weighted by Gasteiger charge is 2.17. The summed E-state index contributed by atoms with van der Waals surface area (Å²) >= 11 is 1.37. The Morgan fingerprint density at radius 2 is 1.75 bits per heavy atom. The lowest BCUT2D eigenvalue weighted by molar-refractivity contribution is 0.102. The van der Waals surface area contributed by atoms with E-state index in [9.17, 15) is 4.79 Å². The molecule has 1 aromatic heterocycles. The van der Waals surface area contributed by atoms with Crippen LogP contribution in [-0.4, -0.2) is 27.2 Å². The summed E-state index contributed by atoms with van der Waals surface area (Å²) in [5.74, 6) is 1.34. The largest absolute Gasteiger partial charge is 0.496 e. The normalized spacial score (nSPS) is 9.95. The molecule has 6 heteroatoms. The maximum Gasteiger partial charge on any atom is 0.265 e. The molecule has 0 aliphatic heterocycles. The maximum atomic E-state index is 12.1. The van der Waals surface area contributed by atoms with Crippen molar-refractivity contribution in [3.8, 4) is 17.2 Å². The summed E-state index contributed by atoms with van der Waals surface area (Å²) < 4.78 is 15.7. The predicted molar refractivity (Wildman–Crippen MR) is 78.4 cm³/mol. The van der Waals surface area contributed by atoms with E-state index in [-0.39, 0.29) is 5.91 Å². The minimum atomic E-state index is -0.207. The van der Waals surface area contributed by atoms with Crippen molar-refractivity contribution >= 4 is 22.9 Å². The van der Waals surface area contributed by atoms with Gasteiger partial charge in [-0.05, 0) is 11.4 Å². The van der Waals surface area contributed by atoms with Gasteiger partial charge >= 0.3 is 0 Å². The van der Waals surface area contributed by atoms with E-state index in [4.69, 9.17) is 14.2 Å². The molecule has 5 nitrogen and oxygen atoms in total. The molecule has 0 aliphatic carbocycles. The quantitative estimate of drug-likeness (QED) is 0.920. The molecule has 0 fully saturated rings. The lowest BCUT2D eigenvalue weighted by Crippen LogP contribution is -2.12. The van der Waals surface area contributed by atoms with E-state index in [1.165, 1.54) is 25.6 Å². The lowest BCUT2D eigenvalue weighted by Gasteiger charge is -2.15. The van der Waals surface area contributed by atoms with Gasteiger partial charge in [0.2, 0.25) is 0 Å². The molecule has 1 amide bonds. The number of hydrogen-bond acceptors (Lipinski definition) is 5. The zero-order valence-corrected chi connectivity index (χ0v) is 12.2. The number of hydrogen-bond donors (Lipinski definition) is 1. The van der Waals surface area contributed by atoms with Gasteiger partial charge in [-0.15, -0.1) is 11.3 Å². The summed E-state index contributed by atoms with van der Waals surface area (Å²) in [6.07, 6.45) is 0. The average Bonchev–Trinajstić information content (AvgIpc) is 3.01. The average molecular weight is 293 g/mol. The summed E-state index contributed by atoms with van der Waals surface area (Å²) in [6, 6.07) is 6.95. The van der Waals surface area contributed by atoms with Crippen LogP contribution in [0.3, 0.4) is 0 Å². The van der Waals surface area contributed by atoms with E-state index in [1.54, 1.807) is 25.3 Å². The number of nitrogens with one attached hydrogen (secondary N) is 1. The number of amides is 1. The number of carbonyl (C=O) groups excluding carboxylic acids is 1. The van der Waals surface area contributed by atoms with Crippen molar-refractivity contribution in [2.75, 3.05) is 26.6 Å². The van der Waals surface area contributed by atoms with Crippen molar-refractivity contribution in [2.45, 2.75) is 0 Å². The van der Waals surface area contributed by atoms with Gasteiger partial charge in [0.1, 0.15) is 22.9 Å². The van der Waals surface area contributed by atoms with Gasteiger partial charge < -0.3 is 19.5 Å². The fourth-order valence-corrected chi connectivity index (χ4v) is 2.33. The van der Waals surface area contributed by atoms with Gasteiger partial charge in [-0.3, -0.25) is 4.79 Å². The molecule has 0 spiro atoms. The highest BCUT2D eigenvalue weighted by atomic mass is 32.1. The fourth-order valence-electron chi connectivity index (χ4n) is 1.71. The minimum Gasteiger partial charge on any atom is -0.496 e. The second-order valence-electron chi connectivity index (χ2n) is 3.84. The van der Waals surface area contributed by atoms with Crippen molar-refractivity contribution in [3.05, 3.63) is 34.5 Å². The monoisotopic (exact) mass is 293 g/mol. The molecule has 0 unspecified atom stereocenters. The van der Waals surface area contributed by atoms with Crippen LogP contribution >= 0.6 is 11.3 Å². The van der Waals surface area contributed by atoms with Crippen LogP contribution in [0.15, 0.2) is 29.6 Å². The van der Waals surface area contributed by atoms with Crippen molar-refractivity contribution in [1.82, 2.24) is 0 Å². The summed E-state index contributed by atoms with van der Waals surface area (Å²) in [5.41, 5.74) is 0.481. The Kier molecular flexibility index (Phi) is 4.47. The van der Waals surface area contributed by atoms with Crippen LogP contribution < -0.4 is 19.5 Å². The summed E-state index contributed by atoms with van der Waals surface area (Å²) in [5, 5.41) is 4.65. The minimum absolute atomic E-state index is 0.207. The molecule has 20 heavy (non-hydrogen) atoms. The molecular weight excluding hydrogens is 278 g/mol. The third-order valence-electron chi connectivity index (χ3n) is 2.70. The predicted octanol–water partition coefficient (Wildman–Crippen LogP) is 3.03. The Bertz CT molecular complexity index is 570. The van der Waals surface area contributed by atoms with Crippen LogP contribution in [0, 0.1) is 0 Å². The Morgan fingerprint density at radius 3 is 2.20 bits per heavy atom. The zero-order chi connectivity index (χ0) is 14.5. The summed E-state index contributed by atoms with van der Waals surface area (Å²) in [6.45, 7) is 0. The summed E-state index contributed by atoms with van der Waals surface area (Å²) in [4.78, 5) is 12.7. The highest BCUT2D eigenvalue weighted by Crippen LogP contribution is 2.39. The first-order chi connectivity index (χ1) is 9.69. The summed E-state index contributed by atoms with van der Waals surface area (Å²) in [7, 11) is 4.60. The molecule has 0 saturated heterocycles. The number of thiophene rings is 1. The van der Waals surface area contributed by atoms with Gasteiger partial charge in [0.05, 0.1) is 26.2 Å². The first-order valence-electron chi connectivity index (χ1n) is 5.84. The van der Waals surface area contributed by atoms with Crippen LogP contribution in [-0.2, 0) is 0 Å². The van der Waals surface area contributed by atoms with Gasteiger partial charge in [0.25, 0.3) is 5.91 Å². The Morgan fingerprint density at radius 1 is 1.10 bits per heavy atom. The van der Waals surface area contributed by atoms with Crippen molar-refractivity contribution < 1.29 is 19.0 Å².